The van der Waals surface area contributed by atoms with Crippen molar-refractivity contribution in [2.75, 3.05) is 24.0 Å². The monoisotopic (exact) mass is 572 g/mol. The minimum absolute atomic E-state index is 0.0132. The van der Waals surface area contributed by atoms with Crippen molar-refractivity contribution in [2.45, 2.75) is 56.3 Å². The minimum Gasteiger partial charge on any atom is -0.508 e. The SMILES string of the molecule is CSCCC(N)C(=O)NC(CCC(=O)O)C(=O)NC(CCSC)C(=O)NC(Cc1ccc(O)cc1)C(=O)O. The van der Waals surface area contributed by atoms with E-state index in [-0.39, 0.29) is 25.0 Å². The predicted molar refractivity (Wildman–Crippen MR) is 146 cm³/mol. The molecule has 0 spiro atoms. The number of rotatable bonds is 18. The van der Waals surface area contributed by atoms with E-state index in [9.17, 15) is 34.2 Å². The van der Waals surface area contributed by atoms with Crippen LogP contribution in [0, 0.1) is 0 Å². The normalized spacial score (nSPS) is 14.0. The Kier molecular flexibility index (Phi) is 15.2. The molecule has 0 saturated carbocycles. The molecule has 8 N–H and O–H groups in total. The third-order valence-corrected chi connectivity index (χ3v) is 6.77. The zero-order valence-electron chi connectivity index (χ0n) is 21.3. The summed E-state index contributed by atoms with van der Waals surface area (Å²) in [6, 6.07) is 1.27. The third kappa shape index (κ3) is 12.5. The number of hydrogen-bond acceptors (Lipinski definition) is 9. The highest BCUT2D eigenvalue weighted by Crippen LogP contribution is 2.12. The maximum atomic E-state index is 13.1. The first-order valence-electron chi connectivity index (χ1n) is 11.9. The number of carboxylic acids is 2. The number of thioether (sulfide) groups is 2. The highest BCUT2D eigenvalue weighted by molar-refractivity contribution is 7.98. The van der Waals surface area contributed by atoms with E-state index in [1.165, 1.54) is 47.8 Å². The number of nitrogens with two attached hydrogens (primary N) is 1. The fourth-order valence-electron chi connectivity index (χ4n) is 3.31. The molecule has 0 aliphatic rings. The van der Waals surface area contributed by atoms with Gasteiger partial charge in [-0.25, -0.2) is 4.79 Å². The van der Waals surface area contributed by atoms with Crippen LogP contribution in [0.1, 0.15) is 31.2 Å². The molecule has 0 radical (unpaired) electrons. The Bertz CT molecular complexity index is 948. The highest BCUT2D eigenvalue weighted by atomic mass is 32.2. The van der Waals surface area contributed by atoms with E-state index in [0.717, 1.165) is 0 Å². The van der Waals surface area contributed by atoms with Crippen LogP contribution in [0.5, 0.6) is 5.75 Å². The number of nitrogens with one attached hydrogen (secondary N) is 3. The molecule has 14 heteroatoms. The molecule has 1 rings (SSSR count). The summed E-state index contributed by atoms with van der Waals surface area (Å²) in [5.41, 5.74) is 6.43. The lowest BCUT2D eigenvalue weighted by molar-refractivity contribution is -0.142. The summed E-state index contributed by atoms with van der Waals surface area (Å²) in [5.74, 6) is -3.49. The van der Waals surface area contributed by atoms with Crippen molar-refractivity contribution < 1.29 is 39.3 Å². The molecular weight excluding hydrogens is 536 g/mol. The van der Waals surface area contributed by atoms with Gasteiger partial charge in [0.05, 0.1) is 6.04 Å². The Labute approximate surface area is 229 Å². The Morgan fingerprint density at radius 1 is 0.789 bits per heavy atom. The van der Waals surface area contributed by atoms with Crippen molar-refractivity contribution >= 4 is 53.2 Å². The van der Waals surface area contributed by atoms with Gasteiger partial charge in [0.2, 0.25) is 17.7 Å². The van der Waals surface area contributed by atoms with Crippen molar-refractivity contribution in [2.24, 2.45) is 5.73 Å². The molecule has 4 unspecified atom stereocenters. The van der Waals surface area contributed by atoms with Crippen molar-refractivity contribution in [1.82, 2.24) is 16.0 Å². The van der Waals surface area contributed by atoms with Crippen LogP contribution in [0.25, 0.3) is 0 Å². The van der Waals surface area contributed by atoms with E-state index in [4.69, 9.17) is 10.8 Å². The third-order valence-electron chi connectivity index (χ3n) is 5.48. The van der Waals surface area contributed by atoms with E-state index >= 15 is 0 Å². The fraction of sp³-hybridized carbons (Fsp3) is 0.542. The van der Waals surface area contributed by atoms with Gasteiger partial charge in [-0.05, 0) is 61.0 Å². The molecule has 0 aliphatic heterocycles. The zero-order chi connectivity index (χ0) is 28.7. The molecule has 1 aromatic rings. The number of carbonyl (C=O) groups is 5. The number of amides is 3. The summed E-state index contributed by atoms with van der Waals surface area (Å²) >= 11 is 2.91. The first-order valence-corrected chi connectivity index (χ1v) is 14.6. The number of hydrogen-bond donors (Lipinski definition) is 7. The number of phenolic OH excluding ortho intramolecular Hbond substituents is 1. The fourth-order valence-corrected chi connectivity index (χ4v) is 4.27. The first kappa shape index (κ1) is 33.1. The van der Waals surface area contributed by atoms with Gasteiger partial charge in [-0.15, -0.1) is 0 Å². The molecule has 0 aromatic heterocycles. The van der Waals surface area contributed by atoms with E-state index in [2.05, 4.69) is 16.0 Å². The Morgan fingerprint density at radius 3 is 1.82 bits per heavy atom. The predicted octanol–water partition coefficient (Wildman–Crippen LogP) is 0.172. The molecular formula is C24H36N4O8S2. The van der Waals surface area contributed by atoms with Gasteiger partial charge in [-0.2, -0.15) is 23.5 Å². The van der Waals surface area contributed by atoms with Gasteiger partial charge < -0.3 is 37.0 Å². The summed E-state index contributed by atoms with van der Waals surface area (Å²) in [6.45, 7) is 0. The second-order valence-electron chi connectivity index (χ2n) is 8.49. The van der Waals surface area contributed by atoms with Crippen molar-refractivity contribution in [3.63, 3.8) is 0 Å². The summed E-state index contributed by atoms with van der Waals surface area (Å²) < 4.78 is 0. The molecule has 0 fully saturated rings. The van der Waals surface area contributed by atoms with Crippen LogP contribution in [0.15, 0.2) is 24.3 Å². The minimum atomic E-state index is -1.31. The van der Waals surface area contributed by atoms with E-state index < -0.39 is 60.2 Å². The average molecular weight is 573 g/mol. The summed E-state index contributed by atoms with van der Waals surface area (Å²) in [5, 5.41) is 35.6. The summed E-state index contributed by atoms with van der Waals surface area (Å²) in [6.07, 6.45) is 3.48. The van der Waals surface area contributed by atoms with Crippen LogP contribution in [0.2, 0.25) is 0 Å². The molecule has 0 heterocycles. The van der Waals surface area contributed by atoms with Gasteiger partial charge in [-0.3, -0.25) is 19.2 Å². The molecule has 3 amide bonds. The number of aliphatic carboxylic acids is 2. The molecule has 212 valence electrons. The van der Waals surface area contributed by atoms with E-state index in [1.807, 2.05) is 6.26 Å². The smallest absolute Gasteiger partial charge is 0.326 e. The van der Waals surface area contributed by atoms with Gasteiger partial charge >= 0.3 is 11.9 Å². The molecule has 0 saturated heterocycles. The van der Waals surface area contributed by atoms with Crippen LogP contribution in [0.4, 0.5) is 0 Å². The Balaban J connectivity index is 3.00. The number of benzene rings is 1. The number of carbonyl (C=O) groups excluding carboxylic acids is 3. The molecule has 0 bridgehead atoms. The standard InChI is InChI=1S/C24H36N4O8S2/c1-37-11-9-16(25)21(32)26-17(7-8-20(30)31)22(33)27-18(10-12-38-2)23(34)28-19(24(35)36)13-14-3-5-15(29)6-4-14/h3-6,16-19,29H,7-13,25H2,1-2H3,(H,26,32)(H,27,33)(H,28,34)(H,30,31)(H,35,36). The highest BCUT2D eigenvalue weighted by Gasteiger charge is 2.30. The number of phenols is 1. The summed E-state index contributed by atoms with van der Waals surface area (Å²) in [4.78, 5) is 61.5. The molecule has 4 atom stereocenters. The van der Waals surface area contributed by atoms with E-state index in [1.54, 1.807) is 6.26 Å². The lowest BCUT2D eigenvalue weighted by atomic mass is 10.0. The van der Waals surface area contributed by atoms with Crippen LogP contribution >= 0.6 is 23.5 Å². The second kappa shape index (κ2) is 17.5. The van der Waals surface area contributed by atoms with Crippen LogP contribution in [-0.4, -0.2) is 93.2 Å². The molecule has 1 aromatic carbocycles. The second-order valence-corrected chi connectivity index (χ2v) is 10.5. The first-order chi connectivity index (χ1) is 18.0. The lowest BCUT2D eigenvalue weighted by Gasteiger charge is -2.25. The molecule has 0 aliphatic carbocycles. The number of aromatic hydroxyl groups is 1. The van der Waals surface area contributed by atoms with Crippen molar-refractivity contribution in [3.05, 3.63) is 29.8 Å². The van der Waals surface area contributed by atoms with Crippen molar-refractivity contribution in [3.8, 4) is 5.75 Å². The maximum absolute atomic E-state index is 13.1. The van der Waals surface area contributed by atoms with Gasteiger partial charge in [0.1, 0.15) is 23.9 Å². The largest absolute Gasteiger partial charge is 0.508 e. The van der Waals surface area contributed by atoms with Gasteiger partial charge in [0.25, 0.3) is 0 Å². The summed E-state index contributed by atoms with van der Waals surface area (Å²) in [7, 11) is 0. The van der Waals surface area contributed by atoms with Crippen molar-refractivity contribution in [1.29, 1.82) is 0 Å². The molecule has 12 nitrogen and oxygen atoms in total. The Morgan fingerprint density at radius 2 is 1.29 bits per heavy atom. The molecule has 38 heavy (non-hydrogen) atoms. The average Bonchev–Trinajstić information content (AvgIpc) is 2.87. The Hall–Kier alpha value is -2.97. The lowest BCUT2D eigenvalue weighted by Crippen LogP contribution is -2.57. The number of carboxylic acid groups (broad SMARTS) is 2. The quantitative estimate of drug-likeness (QED) is 0.126. The topological polar surface area (TPSA) is 208 Å². The van der Waals surface area contributed by atoms with Gasteiger partial charge in [0.15, 0.2) is 0 Å². The zero-order valence-corrected chi connectivity index (χ0v) is 23.0. The van der Waals surface area contributed by atoms with Crippen LogP contribution in [0.3, 0.4) is 0 Å². The van der Waals surface area contributed by atoms with Crippen LogP contribution in [-0.2, 0) is 30.4 Å². The van der Waals surface area contributed by atoms with Crippen LogP contribution < -0.4 is 21.7 Å². The van der Waals surface area contributed by atoms with Gasteiger partial charge in [0, 0.05) is 12.8 Å². The van der Waals surface area contributed by atoms with Gasteiger partial charge in [-0.1, -0.05) is 12.1 Å². The van der Waals surface area contributed by atoms with E-state index in [0.29, 0.717) is 23.5 Å². The maximum Gasteiger partial charge on any atom is 0.326 e.